The third-order valence-electron chi connectivity index (χ3n) is 4.58. The van der Waals surface area contributed by atoms with E-state index in [0.29, 0.717) is 28.4 Å². The molecule has 0 aliphatic heterocycles. The van der Waals surface area contributed by atoms with Crippen molar-refractivity contribution >= 4 is 34.0 Å². The Morgan fingerprint density at radius 1 is 0.939 bits per heavy atom. The number of carbonyl (C=O) groups is 2. The van der Waals surface area contributed by atoms with Gasteiger partial charge in [-0.05, 0) is 54.1 Å². The third kappa shape index (κ3) is 6.33. The number of aromatic carboxylic acids is 1. The molecule has 0 aliphatic carbocycles. The van der Waals surface area contributed by atoms with Crippen LogP contribution < -0.4 is 19.6 Å². The zero-order valence-electron chi connectivity index (χ0n) is 17.9. The highest BCUT2D eigenvalue weighted by molar-refractivity contribution is 9.10. The lowest BCUT2D eigenvalue weighted by atomic mass is 10.1. The van der Waals surface area contributed by atoms with Crippen LogP contribution in [0.2, 0.25) is 0 Å². The van der Waals surface area contributed by atoms with Gasteiger partial charge in [0.2, 0.25) is 0 Å². The normalized spacial score (nSPS) is 10.6. The van der Waals surface area contributed by atoms with E-state index in [0.717, 1.165) is 10.0 Å². The summed E-state index contributed by atoms with van der Waals surface area (Å²) in [5.41, 5.74) is 4.50. The van der Waals surface area contributed by atoms with Crippen LogP contribution in [0.5, 0.6) is 17.2 Å². The quantitative estimate of drug-likeness (QED) is 0.322. The summed E-state index contributed by atoms with van der Waals surface area (Å²) in [6.45, 7) is 0.236. The minimum Gasteiger partial charge on any atom is -0.493 e. The smallest absolute Gasteiger partial charge is 0.335 e. The molecule has 0 saturated heterocycles. The van der Waals surface area contributed by atoms with Crippen molar-refractivity contribution < 1.29 is 28.9 Å². The maximum Gasteiger partial charge on any atom is 0.335 e. The highest BCUT2D eigenvalue weighted by Crippen LogP contribution is 2.27. The lowest BCUT2D eigenvalue weighted by Gasteiger charge is -2.10. The van der Waals surface area contributed by atoms with Crippen molar-refractivity contribution in [2.45, 2.75) is 6.61 Å². The van der Waals surface area contributed by atoms with Crippen LogP contribution in [0.25, 0.3) is 0 Å². The molecule has 170 valence electrons. The van der Waals surface area contributed by atoms with E-state index >= 15 is 0 Å². The number of ether oxygens (including phenoxy) is 3. The summed E-state index contributed by atoms with van der Waals surface area (Å²) in [7, 11) is 3.01. The van der Waals surface area contributed by atoms with Gasteiger partial charge in [0.25, 0.3) is 5.91 Å². The van der Waals surface area contributed by atoms with Gasteiger partial charge < -0.3 is 19.3 Å². The number of rotatable bonds is 9. The zero-order chi connectivity index (χ0) is 23.8. The van der Waals surface area contributed by atoms with E-state index in [1.807, 2.05) is 6.07 Å². The van der Waals surface area contributed by atoms with Gasteiger partial charge in [-0.3, -0.25) is 4.79 Å². The minimum absolute atomic E-state index is 0.209. The maximum atomic E-state index is 12.4. The molecule has 3 aromatic rings. The number of carboxylic acids is 1. The average molecular weight is 513 g/mol. The molecule has 9 heteroatoms. The second kappa shape index (κ2) is 11.1. The van der Waals surface area contributed by atoms with Crippen LogP contribution in [0.15, 0.2) is 70.2 Å². The van der Waals surface area contributed by atoms with Gasteiger partial charge in [0.05, 0.1) is 26.0 Å². The molecule has 0 heterocycles. The second-order valence-corrected chi connectivity index (χ2v) is 7.66. The molecule has 3 rings (SSSR count). The van der Waals surface area contributed by atoms with Crippen LogP contribution in [0.3, 0.4) is 0 Å². The Hall–Kier alpha value is -3.85. The molecule has 0 spiro atoms. The lowest BCUT2D eigenvalue weighted by molar-refractivity contribution is 0.0696. The summed E-state index contributed by atoms with van der Waals surface area (Å²) in [5.74, 6) is 0.107. The number of nitrogens with one attached hydrogen (secondary N) is 1. The van der Waals surface area contributed by atoms with Crippen molar-refractivity contribution in [3.63, 3.8) is 0 Å². The molecule has 2 N–H and O–H groups in total. The molecular weight excluding hydrogens is 492 g/mol. The van der Waals surface area contributed by atoms with Crippen LogP contribution in [0.4, 0.5) is 0 Å². The van der Waals surface area contributed by atoms with Crippen LogP contribution >= 0.6 is 15.9 Å². The Kier molecular flexibility index (Phi) is 8.04. The topological polar surface area (TPSA) is 106 Å². The molecule has 0 radical (unpaired) electrons. The number of amides is 1. The number of halogens is 1. The second-order valence-electron chi connectivity index (χ2n) is 6.74. The summed E-state index contributed by atoms with van der Waals surface area (Å²) in [5, 5.41) is 13.0. The Balaban J connectivity index is 1.68. The van der Waals surface area contributed by atoms with Crippen molar-refractivity contribution in [1.29, 1.82) is 0 Å². The standard InChI is InChI=1S/C24H21BrN2O6/c1-31-21-9-7-17(12-22(21)32-2)23(28)27-26-13-18-11-19(25)8-10-20(18)33-14-15-3-5-16(6-4-15)24(29)30/h3-13H,14H2,1-2H3,(H,27,28)(H,29,30)/b26-13+. The van der Waals surface area contributed by atoms with Crippen molar-refractivity contribution in [2.24, 2.45) is 5.10 Å². The first kappa shape index (κ1) is 23.8. The van der Waals surface area contributed by atoms with Crippen LogP contribution in [-0.2, 0) is 6.61 Å². The Labute approximate surface area is 198 Å². The van der Waals surface area contributed by atoms with Gasteiger partial charge >= 0.3 is 5.97 Å². The van der Waals surface area contributed by atoms with Gasteiger partial charge in [-0.25, -0.2) is 10.2 Å². The fourth-order valence-electron chi connectivity index (χ4n) is 2.86. The first-order valence-corrected chi connectivity index (χ1v) is 10.5. The first-order valence-electron chi connectivity index (χ1n) is 9.71. The van der Waals surface area contributed by atoms with E-state index in [2.05, 4.69) is 26.5 Å². The van der Waals surface area contributed by atoms with Gasteiger partial charge in [-0.15, -0.1) is 0 Å². The van der Waals surface area contributed by atoms with Crippen molar-refractivity contribution in [3.05, 3.63) is 87.4 Å². The molecule has 8 nitrogen and oxygen atoms in total. The molecule has 0 atom stereocenters. The van der Waals surface area contributed by atoms with E-state index in [1.54, 1.807) is 42.5 Å². The number of carbonyl (C=O) groups excluding carboxylic acids is 1. The predicted octanol–water partition coefficient (Wildman–Crippen LogP) is 4.51. The van der Waals surface area contributed by atoms with Crippen LogP contribution in [0, 0.1) is 0 Å². The summed E-state index contributed by atoms with van der Waals surface area (Å²) >= 11 is 3.41. The Bertz CT molecular complexity index is 1180. The summed E-state index contributed by atoms with van der Waals surface area (Å²) < 4.78 is 17.1. The monoisotopic (exact) mass is 512 g/mol. The van der Waals surface area contributed by atoms with Crippen molar-refractivity contribution in [2.75, 3.05) is 14.2 Å². The fourth-order valence-corrected chi connectivity index (χ4v) is 3.24. The van der Waals surface area contributed by atoms with Gasteiger partial charge in [-0.1, -0.05) is 28.1 Å². The maximum absolute atomic E-state index is 12.4. The molecule has 3 aromatic carbocycles. The van der Waals surface area contributed by atoms with Gasteiger partial charge in [0, 0.05) is 15.6 Å². The first-order chi connectivity index (χ1) is 15.9. The van der Waals surface area contributed by atoms with Gasteiger partial charge in [-0.2, -0.15) is 5.10 Å². The SMILES string of the molecule is COc1ccc(C(=O)N/N=C/c2cc(Br)ccc2OCc2ccc(C(=O)O)cc2)cc1OC. The predicted molar refractivity (Wildman–Crippen MR) is 126 cm³/mol. The van der Waals surface area contributed by atoms with E-state index in [9.17, 15) is 9.59 Å². The number of benzene rings is 3. The van der Waals surface area contributed by atoms with Crippen molar-refractivity contribution in [1.82, 2.24) is 5.43 Å². The van der Waals surface area contributed by atoms with E-state index in [-0.39, 0.29) is 12.2 Å². The van der Waals surface area contributed by atoms with Gasteiger partial charge in [0.15, 0.2) is 11.5 Å². The van der Waals surface area contributed by atoms with Crippen molar-refractivity contribution in [3.8, 4) is 17.2 Å². The Morgan fingerprint density at radius 2 is 1.61 bits per heavy atom. The largest absolute Gasteiger partial charge is 0.493 e. The van der Waals surface area contributed by atoms with Crippen LogP contribution in [-0.4, -0.2) is 37.4 Å². The highest BCUT2D eigenvalue weighted by Gasteiger charge is 2.10. The third-order valence-corrected chi connectivity index (χ3v) is 5.08. The highest BCUT2D eigenvalue weighted by atomic mass is 79.9. The molecule has 0 aliphatic rings. The zero-order valence-corrected chi connectivity index (χ0v) is 19.5. The summed E-state index contributed by atoms with van der Waals surface area (Å²) in [4.78, 5) is 23.4. The molecule has 0 unspecified atom stereocenters. The van der Waals surface area contributed by atoms with E-state index in [4.69, 9.17) is 19.3 Å². The van der Waals surface area contributed by atoms with E-state index in [1.165, 1.54) is 32.6 Å². The molecule has 1 amide bonds. The summed E-state index contributed by atoms with van der Waals surface area (Å²) in [6.07, 6.45) is 1.48. The molecule has 33 heavy (non-hydrogen) atoms. The van der Waals surface area contributed by atoms with Crippen LogP contribution in [0.1, 0.15) is 31.8 Å². The minimum atomic E-state index is -0.982. The fraction of sp³-hybridized carbons (Fsp3) is 0.125. The number of hydrazone groups is 1. The average Bonchev–Trinajstić information content (AvgIpc) is 2.83. The molecule has 0 saturated carbocycles. The molecule has 0 aromatic heterocycles. The number of carboxylic acid groups (broad SMARTS) is 1. The molecular formula is C24H21BrN2O6. The van der Waals surface area contributed by atoms with E-state index < -0.39 is 11.9 Å². The number of nitrogens with zero attached hydrogens (tertiary/aromatic N) is 1. The molecule has 0 bridgehead atoms. The van der Waals surface area contributed by atoms with Gasteiger partial charge in [0.1, 0.15) is 12.4 Å². The lowest BCUT2D eigenvalue weighted by Crippen LogP contribution is -2.17. The number of hydrogen-bond acceptors (Lipinski definition) is 6. The Morgan fingerprint density at radius 3 is 2.27 bits per heavy atom. The molecule has 0 fully saturated rings. The summed E-state index contributed by atoms with van der Waals surface area (Å²) in [6, 6.07) is 16.6. The number of methoxy groups -OCH3 is 2. The number of hydrogen-bond donors (Lipinski definition) is 2.